The summed E-state index contributed by atoms with van der Waals surface area (Å²) in [6, 6.07) is 5.09. The van der Waals surface area contributed by atoms with Crippen LogP contribution in [0.2, 0.25) is 5.02 Å². The van der Waals surface area contributed by atoms with Gasteiger partial charge in [-0.15, -0.1) is 0 Å². The predicted octanol–water partition coefficient (Wildman–Crippen LogP) is 3.17. The van der Waals surface area contributed by atoms with Gasteiger partial charge >= 0.3 is 0 Å². The zero-order valence-electron chi connectivity index (χ0n) is 9.88. The summed E-state index contributed by atoms with van der Waals surface area (Å²) in [6.07, 6.45) is 2.21. The van der Waals surface area contributed by atoms with Gasteiger partial charge in [0.05, 0.1) is 11.6 Å². The van der Waals surface area contributed by atoms with Gasteiger partial charge in [-0.1, -0.05) is 17.7 Å². The number of halogens is 2. The second-order valence-corrected chi connectivity index (χ2v) is 4.82. The maximum Gasteiger partial charge on any atom is 0.141 e. The summed E-state index contributed by atoms with van der Waals surface area (Å²) in [6.45, 7) is 1.59. The van der Waals surface area contributed by atoms with Crippen LogP contribution in [-0.4, -0.2) is 20.3 Å². The van der Waals surface area contributed by atoms with E-state index in [9.17, 15) is 4.39 Å². The molecular weight excluding hydrogens is 241 g/mol. The van der Waals surface area contributed by atoms with Crippen molar-refractivity contribution in [1.29, 1.82) is 0 Å². The predicted molar refractivity (Wildman–Crippen MR) is 66.8 cm³/mol. The molecule has 2 nitrogen and oxygen atoms in total. The molecule has 1 aromatic carbocycles. The number of nitrogens with one attached hydrogen (secondary N) is 1. The zero-order valence-corrected chi connectivity index (χ0v) is 10.6. The van der Waals surface area contributed by atoms with Gasteiger partial charge in [-0.05, 0) is 37.6 Å². The van der Waals surface area contributed by atoms with Crippen LogP contribution in [0.15, 0.2) is 18.2 Å². The summed E-state index contributed by atoms with van der Waals surface area (Å²) in [5.41, 5.74) is 1.02. The molecule has 0 saturated carbocycles. The van der Waals surface area contributed by atoms with Crippen molar-refractivity contribution in [2.24, 2.45) is 5.92 Å². The molecule has 1 heterocycles. The Morgan fingerprint density at radius 2 is 2.35 bits per heavy atom. The van der Waals surface area contributed by atoms with E-state index in [1.807, 2.05) is 7.05 Å². The van der Waals surface area contributed by atoms with Crippen molar-refractivity contribution < 1.29 is 9.13 Å². The van der Waals surface area contributed by atoms with E-state index in [1.165, 1.54) is 6.07 Å². The average Bonchev–Trinajstić information content (AvgIpc) is 2.36. The molecule has 4 heteroatoms. The molecule has 94 valence electrons. The molecule has 1 aliphatic rings. The minimum absolute atomic E-state index is 0.174. The lowest BCUT2D eigenvalue weighted by molar-refractivity contribution is 0.0402. The molecule has 2 unspecified atom stereocenters. The molecule has 2 rings (SSSR count). The molecule has 1 fully saturated rings. The molecule has 0 amide bonds. The van der Waals surface area contributed by atoms with Crippen LogP contribution in [0.25, 0.3) is 0 Å². The fraction of sp³-hybridized carbons (Fsp3) is 0.538. The molecule has 1 N–H and O–H groups in total. The molecule has 0 bridgehead atoms. The lowest BCUT2D eigenvalue weighted by Gasteiger charge is -2.30. The highest BCUT2D eigenvalue weighted by atomic mass is 35.5. The Bertz CT molecular complexity index is 380. The normalized spacial score (nSPS) is 22.4. The third-order valence-electron chi connectivity index (χ3n) is 3.28. The largest absolute Gasteiger partial charge is 0.381 e. The van der Waals surface area contributed by atoms with Crippen LogP contribution in [0, 0.1) is 11.7 Å². The first-order valence-corrected chi connectivity index (χ1v) is 6.30. The van der Waals surface area contributed by atoms with Crippen LogP contribution in [0.3, 0.4) is 0 Å². The molecule has 0 aromatic heterocycles. The highest BCUT2D eigenvalue weighted by Gasteiger charge is 2.24. The van der Waals surface area contributed by atoms with E-state index < -0.39 is 0 Å². The first kappa shape index (κ1) is 12.8. The van der Waals surface area contributed by atoms with E-state index in [-0.39, 0.29) is 16.9 Å². The lowest BCUT2D eigenvalue weighted by atomic mass is 9.89. The quantitative estimate of drug-likeness (QED) is 0.898. The second-order valence-electron chi connectivity index (χ2n) is 4.42. The third kappa shape index (κ3) is 2.97. The average molecular weight is 258 g/mol. The molecule has 0 aliphatic carbocycles. The van der Waals surface area contributed by atoms with Gasteiger partial charge in [0.1, 0.15) is 5.82 Å². The first-order valence-electron chi connectivity index (χ1n) is 5.92. The Morgan fingerprint density at radius 1 is 1.53 bits per heavy atom. The van der Waals surface area contributed by atoms with Crippen LogP contribution in [0.4, 0.5) is 4.39 Å². The van der Waals surface area contributed by atoms with Crippen LogP contribution in [0.5, 0.6) is 0 Å². The highest BCUT2D eigenvalue weighted by Crippen LogP contribution is 2.30. The minimum Gasteiger partial charge on any atom is -0.381 e. The number of rotatable bonds is 3. The van der Waals surface area contributed by atoms with Gasteiger partial charge in [-0.25, -0.2) is 4.39 Å². The maximum atomic E-state index is 13.1. The standard InChI is InChI=1S/C13H17ClFNO/c1-16-13(10-3-2-6-17-8-10)9-4-5-12(15)11(14)7-9/h4-5,7,10,13,16H,2-3,6,8H2,1H3. The fourth-order valence-electron chi connectivity index (χ4n) is 2.41. The van der Waals surface area contributed by atoms with E-state index in [0.717, 1.165) is 31.6 Å². The van der Waals surface area contributed by atoms with Gasteiger partial charge in [0.15, 0.2) is 0 Å². The van der Waals surface area contributed by atoms with Gasteiger partial charge in [-0.3, -0.25) is 0 Å². The molecule has 1 aromatic rings. The van der Waals surface area contributed by atoms with Crippen molar-refractivity contribution in [2.75, 3.05) is 20.3 Å². The SMILES string of the molecule is CNC(c1ccc(F)c(Cl)c1)C1CCCOC1. The van der Waals surface area contributed by atoms with Gasteiger partial charge in [0, 0.05) is 18.6 Å². The Morgan fingerprint density at radius 3 is 2.94 bits per heavy atom. The first-order chi connectivity index (χ1) is 8.22. The van der Waals surface area contributed by atoms with Crippen molar-refractivity contribution >= 4 is 11.6 Å². The molecule has 1 aliphatic heterocycles. The van der Waals surface area contributed by atoms with Gasteiger partial charge < -0.3 is 10.1 Å². The molecular formula is C13H17ClFNO. The van der Waals surface area contributed by atoms with Crippen LogP contribution < -0.4 is 5.32 Å². The van der Waals surface area contributed by atoms with E-state index in [0.29, 0.717) is 5.92 Å². The molecule has 17 heavy (non-hydrogen) atoms. The van der Waals surface area contributed by atoms with Crippen molar-refractivity contribution in [3.8, 4) is 0 Å². The number of benzene rings is 1. The highest BCUT2D eigenvalue weighted by molar-refractivity contribution is 6.30. The minimum atomic E-state index is -0.370. The maximum absolute atomic E-state index is 13.1. The summed E-state index contributed by atoms with van der Waals surface area (Å²) in [4.78, 5) is 0. The molecule has 0 radical (unpaired) electrons. The summed E-state index contributed by atoms with van der Waals surface area (Å²) in [5, 5.41) is 3.45. The van der Waals surface area contributed by atoms with Crippen molar-refractivity contribution in [2.45, 2.75) is 18.9 Å². The van der Waals surface area contributed by atoms with E-state index in [2.05, 4.69) is 5.32 Å². The second kappa shape index (κ2) is 5.80. The van der Waals surface area contributed by atoms with E-state index in [1.54, 1.807) is 12.1 Å². The topological polar surface area (TPSA) is 21.3 Å². The van der Waals surface area contributed by atoms with Crippen LogP contribution in [0.1, 0.15) is 24.4 Å². The van der Waals surface area contributed by atoms with Crippen LogP contribution in [-0.2, 0) is 4.74 Å². The number of hydrogen-bond acceptors (Lipinski definition) is 2. The monoisotopic (exact) mass is 257 g/mol. The lowest BCUT2D eigenvalue weighted by Crippen LogP contribution is -2.31. The Labute approximate surface area is 106 Å². The van der Waals surface area contributed by atoms with Crippen LogP contribution >= 0.6 is 11.6 Å². The number of hydrogen-bond donors (Lipinski definition) is 1. The Balaban J connectivity index is 2.18. The fourth-order valence-corrected chi connectivity index (χ4v) is 2.60. The van der Waals surface area contributed by atoms with E-state index >= 15 is 0 Å². The molecule has 0 spiro atoms. The smallest absolute Gasteiger partial charge is 0.141 e. The summed E-state index contributed by atoms with van der Waals surface area (Å²) >= 11 is 5.82. The van der Waals surface area contributed by atoms with Gasteiger partial charge in [0.25, 0.3) is 0 Å². The Hall–Kier alpha value is -0.640. The Kier molecular flexibility index (Phi) is 4.37. The zero-order chi connectivity index (χ0) is 12.3. The number of ether oxygens (including phenoxy) is 1. The van der Waals surface area contributed by atoms with Gasteiger partial charge in [0.2, 0.25) is 0 Å². The van der Waals surface area contributed by atoms with Gasteiger partial charge in [-0.2, -0.15) is 0 Å². The van der Waals surface area contributed by atoms with Crippen molar-refractivity contribution in [3.05, 3.63) is 34.6 Å². The molecule has 2 atom stereocenters. The summed E-state index contributed by atoms with van der Waals surface area (Å²) in [7, 11) is 1.91. The molecule has 1 saturated heterocycles. The third-order valence-corrected chi connectivity index (χ3v) is 3.57. The van der Waals surface area contributed by atoms with Crippen molar-refractivity contribution in [1.82, 2.24) is 5.32 Å². The summed E-state index contributed by atoms with van der Waals surface area (Å²) < 4.78 is 18.6. The summed E-state index contributed by atoms with van der Waals surface area (Å²) in [5.74, 6) is 0.0560. The van der Waals surface area contributed by atoms with E-state index in [4.69, 9.17) is 16.3 Å². The van der Waals surface area contributed by atoms with Crippen molar-refractivity contribution in [3.63, 3.8) is 0 Å².